The van der Waals surface area contributed by atoms with Gasteiger partial charge >= 0.3 is 5.69 Å². The van der Waals surface area contributed by atoms with Gasteiger partial charge in [0.15, 0.2) is 0 Å². The number of carbonyl (C=O) groups excluding carboxylic acids is 1. The molecule has 0 spiro atoms. The molecule has 134 valence electrons. The van der Waals surface area contributed by atoms with Crippen molar-refractivity contribution in [3.05, 3.63) is 58.5 Å². The molecule has 1 aliphatic heterocycles. The van der Waals surface area contributed by atoms with Crippen LogP contribution >= 0.6 is 0 Å². The third kappa shape index (κ3) is 3.05. The van der Waals surface area contributed by atoms with Gasteiger partial charge in [0.25, 0.3) is 5.91 Å². The van der Waals surface area contributed by atoms with Gasteiger partial charge in [0.05, 0.1) is 0 Å². The van der Waals surface area contributed by atoms with Crippen LogP contribution in [0.5, 0.6) is 0 Å². The Hall–Kier alpha value is -3.16. The third-order valence-corrected chi connectivity index (χ3v) is 4.76. The lowest BCUT2D eigenvalue weighted by Crippen LogP contribution is -2.35. The van der Waals surface area contributed by atoms with E-state index in [-0.39, 0.29) is 17.6 Å². The van der Waals surface area contributed by atoms with E-state index in [0.29, 0.717) is 18.5 Å². The maximum Gasteiger partial charge on any atom is 0.345 e. The molecule has 26 heavy (non-hydrogen) atoms. The highest BCUT2D eigenvalue weighted by molar-refractivity contribution is 5.94. The zero-order valence-electron chi connectivity index (χ0n) is 14.5. The number of nitrogens with zero attached hydrogens (tertiary/aromatic N) is 4. The van der Waals surface area contributed by atoms with Crippen LogP contribution in [0, 0.1) is 0 Å². The number of hydrogen-bond acceptors (Lipinski definition) is 4. The summed E-state index contributed by atoms with van der Waals surface area (Å²) >= 11 is 0. The fourth-order valence-electron chi connectivity index (χ4n) is 3.31. The van der Waals surface area contributed by atoms with Gasteiger partial charge in [-0.1, -0.05) is 12.1 Å². The first-order valence-corrected chi connectivity index (χ1v) is 8.65. The largest absolute Gasteiger partial charge is 0.349 e. The maximum absolute atomic E-state index is 12.5. The summed E-state index contributed by atoms with van der Waals surface area (Å²) in [6.45, 7) is 0.574. The van der Waals surface area contributed by atoms with Crippen molar-refractivity contribution in [1.82, 2.24) is 29.6 Å². The number of benzene rings is 1. The Morgan fingerprint density at radius 2 is 2.08 bits per heavy atom. The molecule has 2 N–H and O–H groups in total. The Kier molecular flexibility index (Phi) is 4.16. The van der Waals surface area contributed by atoms with E-state index in [0.717, 1.165) is 30.1 Å². The predicted octanol–water partition coefficient (Wildman–Crippen LogP) is 1.11. The van der Waals surface area contributed by atoms with E-state index < -0.39 is 0 Å². The zero-order valence-corrected chi connectivity index (χ0v) is 14.5. The average molecular weight is 352 g/mol. The minimum absolute atomic E-state index is 0.0265. The molecule has 0 bridgehead atoms. The molecule has 0 aliphatic carbocycles. The number of rotatable bonds is 3. The number of hydrogen-bond donors (Lipinski definition) is 2. The molecule has 0 fully saturated rings. The van der Waals surface area contributed by atoms with E-state index in [2.05, 4.69) is 20.4 Å². The third-order valence-electron chi connectivity index (χ3n) is 4.76. The van der Waals surface area contributed by atoms with Gasteiger partial charge in [0.1, 0.15) is 11.6 Å². The van der Waals surface area contributed by atoms with E-state index in [1.807, 2.05) is 12.1 Å². The Bertz CT molecular complexity index is 968. The minimum atomic E-state index is -0.103. The standard InChI is InChI=1S/C18H20N6O2/c1-23-18(26)24-11-8-14(6-7-15(24)22-23)21-17(25)13-4-2-12(3-5-13)16-19-9-10-20-16/h2-5,9-10,14H,6-8,11H2,1H3,(H,19,20)(H,21,25). The summed E-state index contributed by atoms with van der Waals surface area (Å²) in [4.78, 5) is 31.8. The van der Waals surface area contributed by atoms with Crippen molar-refractivity contribution in [1.29, 1.82) is 0 Å². The van der Waals surface area contributed by atoms with Crippen LogP contribution in [0.15, 0.2) is 41.5 Å². The van der Waals surface area contributed by atoms with Crippen LogP contribution in [0.3, 0.4) is 0 Å². The first-order chi connectivity index (χ1) is 12.6. The number of fused-ring (bicyclic) bond motifs is 1. The zero-order chi connectivity index (χ0) is 18.1. The van der Waals surface area contributed by atoms with Gasteiger partial charge in [0, 0.05) is 49.6 Å². The average Bonchev–Trinajstić information content (AvgIpc) is 3.22. The van der Waals surface area contributed by atoms with E-state index in [1.165, 1.54) is 4.68 Å². The summed E-state index contributed by atoms with van der Waals surface area (Å²) in [6.07, 6.45) is 5.63. The van der Waals surface area contributed by atoms with Gasteiger partial charge in [-0.15, -0.1) is 0 Å². The topological polar surface area (TPSA) is 97.6 Å². The van der Waals surface area contributed by atoms with Crippen molar-refractivity contribution in [3.8, 4) is 11.4 Å². The maximum atomic E-state index is 12.5. The molecule has 1 aromatic carbocycles. The number of carbonyl (C=O) groups is 1. The van der Waals surface area contributed by atoms with Gasteiger partial charge < -0.3 is 10.3 Å². The smallest absolute Gasteiger partial charge is 0.345 e. The quantitative estimate of drug-likeness (QED) is 0.738. The first-order valence-electron chi connectivity index (χ1n) is 8.65. The van der Waals surface area contributed by atoms with Crippen molar-refractivity contribution < 1.29 is 4.79 Å². The van der Waals surface area contributed by atoms with E-state index in [1.54, 1.807) is 36.1 Å². The molecule has 2 aromatic heterocycles. The highest BCUT2D eigenvalue weighted by atomic mass is 16.2. The summed E-state index contributed by atoms with van der Waals surface area (Å²) in [5.41, 5.74) is 1.45. The van der Waals surface area contributed by atoms with Crippen LogP contribution in [-0.2, 0) is 20.0 Å². The summed E-state index contributed by atoms with van der Waals surface area (Å²) < 4.78 is 3.07. The van der Waals surface area contributed by atoms with Gasteiger partial charge in [-0.25, -0.2) is 14.5 Å². The number of amides is 1. The van der Waals surface area contributed by atoms with Gasteiger partial charge in [-0.05, 0) is 25.0 Å². The lowest BCUT2D eigenvalue weighted by atomic mass is 10.1. The molecule has 4 rings (SSSR count). The van der Waals surface area contributed by atoms with Gasteiger partial charge in [-0.2, -0.15) is 5.10 Å². The number of H-pyrrole nitrogens is 1. The molecular formula is C18H20N6O2. The Morgan fingerprint density at radius 1 is 1.27 bits per heavy atom. The van der Waals surface area contributed by atoms with Crippen molar-refractivity contribution in [2.75, 3.05) is 0 Å². The molecule has 3 aromatic rings. The van der Waals surface area contributed by atoms with E-state index in [4.69, 9.17) is 0 Å². The van der Waals surface area contributed by atoms with Crippen molar-refractivity contribution >= 4 is 5.91 Å². The van der Waals surface area contributed by atoms with Gasteiger partial charge in [-0.3, -0.25) is 9.36 Å². The molecule has 0 radical (unpaired) electrons. The highest BCUT2D eigenvalue weighted by Crippen LogP contribution is 2.16. The fraction of sp³-hybridized carbons (Fsp3) is 0.333. The second-order valence-corrected chi connectivity index (χ2v) is 6.49. The van der Waals surface area contributed by atoms with Crippen LogP contribution in [0.1, 0.15) is 29.0 Å². The second-order valence-electron chi connectivity index (χ2n) is 6.49. The van der Waals surface area contributed by atoms with E-state index in [9.17, 15) is 9.59 Å². The molecule has 1 aliphatic rings. The molecular weight excluding hydrogens is 332 g/mol. The minimum Gasteiger partial charge on any atom is -0.349 e. The van der Waals surface area contributed by atoms with Crippen LogP contribution < -0.4 is 11.0 Å². The van der Waals surface area contributed by atoms with Crippen LogP contribution in [0.4, 0.5) is 0 Å². The number of aromatic amines is 1. The second kappa shape index (κ2) is 6.62. The van der Waals surface area contributed by atoms with E-state index >= 15 is 0 Å². The molecule has 8 nitrogen and oxygen atoms in total. The normalized spacial score (nSPS) is 16.7. The first kappa shape index (κ1) is 16.3. The van der Waals surface area contributed by atoms with Crippen molar-refractivity contribution in [2.24, 2.45) is 7.05 Å². The Morgan fingerprint density at radius 3 is 2.81 bits per heavy atom. The lowest BCUT2D eigenvalue weighted by molar-refractivity contribution is 0.0933. The summed E-state index contributed by atoms with van der Waals surface area (Å²) in [6, 6.07) is 7.37. The van der Waals surface area contributed by atoms with Crippen molar-refractivity contribution in [2.45, 2.75) is 31.8 Å². The number of aryl methyl sites for hydroxylation is 2. The van der Waals surface area contributed by atoms with Crippen LogP contribution in [0.2, 0.25) is 0 Å². The molecule has 1 atom stereocenters. The molecule has 8 heteroatoms. The summed E-state index contributed by atoms with van der Waals surface area (Å²) in [5.74, 6) is 1.46. The van der Waals surface area contributed by atoms with Gasteiger partial charge in [0.2, 0.25) is 0 Å². The highest BCUT2D eigenvalue weighted by Gasteiger charge is 2.21. The summed E-state index contributed by atoms with van der Waals surface area (Å²) in [7, 11) is 1.66. The lowest BCUT2D eigenvalue weighted by Gasteiger charge is -2.16. The SMILES string of the molecule is Cn1nc2n(c1=O)CCC(NC(=O)c1ccc(-c3ncc[nH]3)cc1)CC2. The predicted molar refractivity (Wildman–Crippen MR) is 95.7 cm³/mol. The summed E-state index contributed by atoms with van der Waals surface area (Å²) in [5, 5.41) is 7.34. The number of nitrogens with one attached hydrogen (secondary N) is 2. The molecule has 1 unspecified atom stereocenters. The van der Waals surface area contributed by atoms with Crippen LogP contribution in [0.25, 0.3) is 11.4 Å². The molecule has 0 saturated carbocycles. The molecule has 3 heterocycles. The van der Waals surface area contributed by atoms with Crippen molar-refractivity contribution in [3.63, 3.8) is 0 Å². The Balaban J connectivity index is 1.41. The fourth-order valence-corrected chi connectivity index (χ4v) is 3.31. The monoisotopic (exact) mass is 352 g/mol. The number of aromatic nitrogens is 5. The Labute approximate surface area is 149 Å². The number of imidazole rings is 1. The molecule has 0 saturated heterocycles. The van der Waals surface area contributed by atoms with Crippen LogP contribution in [-0.4, -0.2) is 36.3 Å². The molecule has 1 amide bonds.